The van der Waals surface area contributed by atoms with E-state index in [0.717, 1.165) is 28.0 Å². The Hall–Kier alpha value is -2.49. The van der Waals surface area contributed by atoms with Gasteiger partial charge in [-0.2, -0.15) is 5.26 Å². The number of hydrogen-bond acceptors (Lipinski definition) is 5. The van der Waals surface area contributed by atoms with Gasteiger partial charge in [0.15, 0.2) is 11.0 Å². The minimum Gasteiger partial charge on any atom is -0.486 e. The van der Waals surface area contributed by atoms with Gasteiger partial charge >= 0.3 is 0 Å². The van der Waals surface area contributed by atoms with Crippen LogP contribution in [0.25, 0.3) is 0 Å². The van der Waals surface area contributed by atoms with Crippen molar-refractivity contribution in [1.29, 1.82) is 5.26 Å². The van der Waals surface area contributed by atoms with Crippen molar-refractivity contribution in [1.82, 2.24) is 14.8 Å². The van der Waals surface area contributed by atoms with Gasteiger partial charge in [0.1, 0.15) is 12.4 Å². The molecule has 1 heterocycles. The number of thioether (sulfide) groups is 1. The highest BCUT2D eigenvalue weighted by atomic mass is 35.5. The molecule has 0 amide bonds. The first kappa shape index (κ1) is 17.3. The summed E-state index contributed by atoms with van der Waals surface area (Å²) in [7, 11) is 1.92. The van der Waals surface area contributed by atoms with Crippen LogP contribution in [0.5, 0.6) is 5.75 Å². The van der Waals surface area contributed by atoms with E-state index < -0.39 is 0 Å². The summed E-state index contributed by atoms with van der Waals surface area (Å²) in [5.41, 5.74) is 1.79. The summed E-state index contributed by atoms with van der Waals surface area (Å²) in [4.78, 5) is 0. The molecule has 0 aliphatic rings. The Bertz CT molecular complexity index is 885. The van der Waals surface area contributed by atoms with Crippen molar-refractivity contribution in [2.75, 3.05) is 0 Å². The topological polar surface area (TPSA) is 63.7 Å². The zero-order valence-corrected chi connectivity index (χ0v) is 15.1. The summed E-state index contributed by atoms with van der Waals surface area (Å²) in [6, 6.07) is 16.9. The molecule has 25 heavy (non-hydrogen) atoms. The average Bonchev–Trinajstić information content (AvgIpc) is 3.00. The fraction of sp³-hybridized carbons (Fsp3) is 0.167. The Morgan fingerprint density at radius 3 is 2.52 bits per heavy atom. The first-order chi connectivity index (χ1) is 12.2. The number of ether oxygens (including phenoxy) is 1. The molecule has 0 bridgehead atoms. The molecule has 5 nitrogen and oxygen atoms in total. The van der Waals surface area contributed by atoms with Crippen molar-refractivity contribution in [2.24, 2.45) is 7.05 Å². The third kappa shape index (κ3) is 4.53. The summed E-state index contributed by atoms with van der Waals surface area (Å²) in [5, 5.41) is 18.7. The normalized spacial score (nSPS) is 10.4. The molecule has 0 unspecified atom stereocenters. The van der Waals surface area contributed by atoms with E-state index in [4.69, 9.17) is 21.6 Å². The number of benzene rings is 2. The average molecular weight is 371 g/mol. The first-order valence-corrected chi connectivity index (χ1v) is 8.90. The van der Waals surface area contributed by atoms with Crippen molar-refractivity contribution in [2.45, 2.75) is 17.5 Å². The lowest BCUT2D eigenvalue weighted by Crippen LogP contribution is -2.04. The van der Waals surface area contributed by atoms with E-state index >= 15 is 0 Å². The molecule has 0 fully saturated rings. The highest BCUT2D eigenvalue weighted by molar-refractivity contribution is 7.98. The maximum Gasteiger partial charge on any atom is 0.191 e. The second-order valence-electron chi connectivity index (χ2n) is 5.30. The van der Waals surface area contributed by atoms with Gasteiger partial charge in [-0.3, -0.25) is 0 Å². The van der Waals surface area contributed by atoms with E-state index in [2.05, 4.69) is 16.3 Å². The minimum absolute atomic E-state index is 0.336. The molecular weight excluding hydrogens is 356 g/mol. The predicted octanol–water partition coefficient (Wildman–Crippen LogP) is 4.21. The molecule has 0 aliphatic heterocycles. The smallest absolute Gasteiger partial charge is 0.191 e. The van der Waals surface area contributed by atoms with Gasteiger partial charge in [-0.15, -0.1) is 10.2 Å². The van der Waals surface area contributed by atoms with E-state index in [1.165, 1.54) is 0 Å². The molecule has 0 aliphatic carbocycles. The van der Waals surface area contributed by atoms with Gasteiger partial charge in [-0.25, -0.2) is 0 Å². The van der Waals surface area contributed by atoms with Crippen LogP contribution < -0.4 is 4.74 Å². The highest BCUT2D eigenvalue weighted by Crippen LogP contribution is 2.22. The summed E-state index contributed by atoms with van der Waals surface area (Å²) in [5.74, 6) is 2.24. The van der Waals surface area contributed by atoms with Gasteiger partial charge in [0.05, 0.1) is 11.6 Å². The Morgan fingerprint density at radius 1 is 1.12 bits per heavy atom. The number of halogens is 1. The van der Waals surface area contributed by atoms with Gasteiger partial charge in [0, 0.05) is 17.8 Å². The lowest BCUT2D eigenvalue weighted by molar-refractivity contribution is 0.290. The number of aromatic nitrogens is 3. The summed E-state index contributed by atoms with van der Waals surface area (Å²) >= 11 is 7.45. The quantitative estimate of drug-likeness (QED) is 0.608. The molecule has 3 rings (SSSR count). The lowest BCUT2D eigenvalue weighted by atomic mass is 10.2. The van der Waals surface area contributed by atoms with Crippen molar-refractivity contribution in [3.63, 3.8) is 0 Å². The molecule has 2 aromatic carbocycles. The van der Waals surface area contributed by atoms with Crippen LogP contribution in [0.15, 0.2) is 53.7 Å². The fourth-order valence-corrected chi connectivity index (χ4v) is 3.11. The van der Waals surface area contributed by atoms with Crippen molar-refractivity contribution in [3.8, 4) is 11.8 Å². The lowest BCUT2D eigenvalue weighted by Gasteiger charge is -2.06. The molecule has 0 N–H and O–H groups in total. The van der Waals surface area contributed by atoms with Crippen LogP contribution in [0.2, 0.25) is 5.02 Å². The van der Waals surface area contributed by atoms with E-state index in [9.17, 15) is 0 Å². The zero-order valence-electron chi connectivity index (χ0n) is 13.5. The van der Waals surface area contributed by atoms with Gasteiger partial charge in [-0.1, -0.05) is 35.5 Å². The van der Waals surface area contributed by atoms with Gasteiger partial charge < -0.3 is 9.30 Å². The molecule has 0 spiro atoms. The summed E-state index contributed by atoms with van der Waals surface area (Å²) in [6.45, 7) is 0.336. The van der Waals surface area contributed by atoms with Crippen molar-refractivity contribution < 1.29 is 4.74 Å². The summed E-state index contributed by atoms with van der Waals surface area (Å²) < 4.78 is 7.63. The molecule has 3 aromatic rings. The van der Waals surface area contributed by atoms with E-state index in [1.54, 1.807) is 23.9 Å². The van der Waals surface area contributed by atoms with Crippen LogP contribution in [0, 0.1) is 11.3 Å². The maximum absolute atomic E-state index is 8.83. The third-order valence-electron chi connectivity index (χ3n) is 3.56. The monoisotopic (exact) mass is 370 g/mol. The van der Waals surface area contributed by atoms with Crippen molar-refractivity contribution >= 4 is 23.4 Å². The highest BCUT2D eigenvalue weighted by Gasteiger charge is 2.10. The molecule has 1 aromatic heterocycles. The van der Waals surface area contributed by atoms with E-state index in [0.29, 0.717) is 17.2 Å². The van der Waals surface area contributed by atoms with Crippen LogP contribution in [-0.4, -0.2) is 14.8 Å². The van der Waals surface area contributed by atoms with Gasteiger partial charge in [0.25, 0.3) is 0 Å². The van der Waals surface area contributed by atoms with Crippen LogP contribution in [-0.2, 0) is 19.4 Å². The number of nitrogens with zero attached hydrogens (tertiary/aromatic N) is 4. The zero-order chi connectivity index (χ0) is 17.6. The molecule has 0 radical (unpaired) electrons. The third-order valence-corrected chi connectivity index (χ3v) is 4.90. The molecular formula is C18H15ClN4OS. The number of rotatable bonds is 6. The van der Waals surface area contributed by atoms with Crippen LogP contribution in [0.3, 0.4) is 0 Å². The Morgan fingerprint density at radius 2 is 1.84 bits per heavy atom. The Balaban J connectivity index is 1.58. The second kappa shape index (κ2) is 8.06. The van der Waals surface area contributed by atoms with Crippen LogP contribution in [0.1, 0.15) is 17.0 Å². The standard InChI is InChI=1S/C18H15ClN4OS/c1-23-17(11-24-16-8-6-15(19)7-9-16)21-22-18(23)25-12-14-4-2-13(10-20)3-5-14/h2-9H,11-12H2,1H3. The molecule has 7 heteroatoms. The largest absolute Gasteiger partial charge is 0.486 e. The Kier molecular flexibility index (Phi) is 5.59. The van der Waals surface area contributed by atoms with Gasteiger partial charge in [0.2, 0.25) is 0 Å². The minimum atomic E-state index is 0.336. The molecule has 126 valence electrons. The first-order valence-electron chi connectivity index (χ1n) is 7.54. The summed E-state index contributed by atoms with van der Waals surface area (Å²) in [6.07, 6.45) is 0. The molecule has 0 atom stereocenters. The second-order valence-corrected chi connectivity index (χ2v) is 6.68. The van der Waals surface area contributed by atoms with Crippen molar-refractivity contribution in [3.05, 3.63) is 70.5 Å². The molecule has 0 saturated carbocycles. The van der Waals surface area contributed by atoms with Gasteiger partial charge in [-0.05, 0) is 42.0 Å². The molecule has 0 saturated heterocycles. The Labute approximate surface area is 155 Å². The fourth-order valence-electron chi connectivity index (χ4n) is 2.10. The van der Waals surface area contributed by atoms with E-state index in [-0.39, 0.29) is 0 Å². The SMILES string of the molecule is Cn1c(COc2ccc(Cl)cc2)nnc1SCc1ccc(C#N)cc1. The van der Waals surface area contributed by atoms with E-state index in [1.807, 2.05) is 48.0 Å². The maximum atomic E-state index is 8.83. The number of nitriles is 1. The van der Waals surface area contributed by atoms with Crippen LogP contribution >= 0.6 is 23.4 Å². The predicted molar refractivity (Wildman–Crippen MR) is 97.5 cm³/mol. The van der Waals surface area contributed by atoms with Crippen LogP contribution in [0.4, 0.5) is 0 Å². The number of hydrogen-bond donors (Lipinski definition) is 0.